The minimum Gasteiger partial charge on any atom is -0.393 e. The van der Waals surface area contributed by atoms with E-state index in [0.29, 0.717) is 11.3 Å². The van der Waals surface area contributed by atoms with E-state index in [1.165, 1.54) is 12.8 Å². The van der Waals surface area contributed by atoms with E-state index in [2.05, 4.69) is 19.6 Å². The molecule has 18 heavy (non-hydrogen) atoms. The molecular formula is C15H28O2Si. The first-order valence-electron chi connectivity index (χ1n) is 7.62. The van der Waals surface area contributed by atoms with Crippen molar-refractivity contribution in [3.8, 4) is 0 Å². The maximum absolute atomic E-state index is 12.4. The molecule has 2 fully saturated rings. The molecule has 2 aliphatic rings. The Morgan fingerprint density at radius 1 is 1.06 bits per heavy atom. The number of hydrogen-bond donors (Lipinski definition) is 1. The van der Waals surface area contributed by atoms with Gasteiger partial charge in [0.2, 0.25) is 0 Å². The third kappa shape index (κ3) is 2.88. The van der Waals surface area contributed by atoms with E-state index in [-0.39, 0.29) is 17.9 Å². The van der Waals surface area contributed by atoms with Gasteiger partial charge in [-0.1, -0.05) is 38.9 Å². The predicted molar refractivity (Wildman–Crippen MR) is 77.4 cm³/mol. The normalized spacial score (nSPS) is 38.8. The van der Waals surface area contributed by atoms with Gasteiger partial charge in [0, 0.05) is 20.4 Å². The largest absolute Gasteiger partial charge is 0.393 e. The zero-order chi connectivity index (χ0) is 13.3. The van der Waals surface area contributed by atoms with Gasteiger partial charge in [0.05, 0.1) is 6.10 Å². The molecule has 0 radical (unpaired) electrons. The van der Waals surface area contributed by atoms with Crippen LogP contribution in [0.25, 0.3) is 0 Å². The van der Waals surface area contributed by atoms with Gasteiger partial charge in [0.1, 0.15) is 5.78 Å². The molecule has 0 spiro atoms. The quantitative estimate of drug-likeness (QED) is 0.777. The first-order valence-corrected chi connectivity index (χ1v) is 11.2. The van der Waals surface area contributed by atoms with E-state index in [4.69, 9.17) is 0 Å². The molecule has 0 aromatic carbocycles. The van der Waals surface area contributed by atoms with Gasteiger partial charge in [-0.3, -0.25) is 4.79 Å². The Morgan fingerprint density at radius 3 is 2.33 bits per heavy atom. The van der Waals surface area contributed by atoms with Crippen LogP contribution in [0.3, 0.4) is 0 Å². The highest BCUT2D eigenvalue weighted by atomic mass is 28.3. The summed E-state index contributed by atoms with van der Waals surface area (Å²) in [6.07, 6.45) is 7.15. The molecule has 0 amide bonds. The summed E-state index contributed by atoms with van der Waals surface area (Å²) in [5.74, 6) is 0.906. The number of hydrogen-bond acceptors (Lipinski definition) is 2. The molecular weight excluding hydrogens is 240 g/mol. The lowest BCUT2D eigenvalue weighted by Crippen LogP contribution is -2.46. The molecule has 0 heterocycles. The highest BCUT2D eigenvalue weighted by molar-refractivity contribution is 6.77. The number of ketones is 1. The lowest BCUT2D eigenvalue weighted by Gasteiger charge is -2.44. The molecule has 104 valence electrons. The molecule has 0 saturated heterocycles. The monoisotopic (exact) mass is 268 g/mol. The summed E-state index contributed by atoms with van der Waals surface area (Å²) >= 11 is 0. The lowest BCUT2D eigenvalue weighted by atomic mass is 9.71. The second-order valence-electron chi connectivity index (χ2n) is 7.37. The second-order valence-corrected chi connectivity index (χ2v) is 12.8. The Morgan fingerprint density at radius 2 is 1.72 bits per heavy atom. The molecule has 2 nitrogen and oxygen atoms in total. The van der Waals surface area contributed by atoms with E-state index in [9.17, 15) is 9.90 Å². The number of carbonyl (C=O) groups excluding carboxylic acids is 1. The van der Waals surface area contributed by atoms with Crippen LogP contribution in [0.15, 0.2) is 0 Å². The average Bonchev–Trinajstić information content (AvgIpc) is 2.29. The number of rotatable bonds is 2. The third-order valence-corrected chi connectivity index (χ3v) is 7.97. The lowest BCUT2D eigenvalue weighted by molar-refractivity contribution is -0.129. The van der Waals surface area contributed by atoms with Crippen molar-refractivity contribution in [3.05, 3.63) is 0 Å². The summed E-state index contributed by atoms with van der Waals surface area (Å²) in [5.41, 5.74) is 0.594. The summed E-state index contributed by atoms with van der Waals surface area (Å²) in [4.78, 5) is 12.4. The predicted octanol–water partition coefficient (Wildman–Crippen LogP) is 3.62. The van der Waals surface area contributed by atoms with Crippen molar-refractivity contribution in [1.82, 2.24) is 0 Å². The maximum atomic E-state index is 12.4. The van der Waals surface area contributed by atoms with Crippen molar-refractivity contribution in [3.63, 3.8) is 0 Å². The minimum absolute atomic E-state index is 0.181. The fourth-order valence-corrected chi connectivity index (χ4v) is 6.72. The summed E-state index contributed by atoms with van der Waals surface area (Å²) < 4.78 is 0. The molecule has 2 aliphatic carbocycles. The zero-order valence-corrected chi connectivity index (χ0v) is 13.1. The van der Waals surface area contributed by atoms with Gasteiger partial charge < -0.3 is 5.11 Å². The molecule has 2 saturated carbocycles. The van der Waals surface area contributed by atoms with Gasteiger partial charge in [-0.15, -0.1) is 0 Å². The van der Waals surface area contributed by atoms with Crippen LogP contribution in [0.4, 0.5) is 0 Å². The maximum Gasteiger partial charge on any atom is 0.136 e. The number of carbonyl (C=O) groups is 1. The number of aliphatic hydroxyl groups is 1. The van der Waals surface area contributed by atoms with Crippen LogP contribution in [-0.2, 0) is 4.79 Å². The Bertz CT molecular complexity index is 308. The van der Waals surface area contributed by atoms with Gasteiger partial charge in [-0.2, -0.15) is 0 Å². The molecule has 2 rings (SSSR count). The third-order valence-electron chi connectivity index (χ3n) is 5.10. The van der Waals surface area contributed by atoms with Crippen molar-refractivity contribution in [2.24, 2.45) is 11.8 Å². The highest BCUT2D eigenvalue weighted by Crippen LogP contribution is 2.47. The number of aliphatic hydroxyl groups excluding tert-OH is 1. The summed E-state index contributed by atoms with van der Waals surface area (Å²) in [5, 5.41) is 10.3. The molecule has 0 aromatic heterocycles. The number of Topliss-reactive ketones (excluding diaryl/α,β-unsaturated/α-hetero) is 1. The van der Waals surface area contributed by atoms with Crippen LogP contribution in [0.2, 0.25) is 25.2 Å². The SMILES string of the molecule is C[Si](C)(C)[C@H]1CCCC(=O)[C@@H]1C1CCCCC1O. The topological polar surface area (TPSA) is 37.3 Å². The molecule has 2 unspecified atom stereocenters. The van der Waals surface area contributed by atoms with Crippen LogP contribution in [0.1, 0.15) is 44.9 Å². The van der Waals surface area contributed by atoms with E-state index in [1.54, 1.807) is 0 Å². The van der Waals surface area contributed by atoms with Gasteiger partial charge >= 0.3 is 0 Å². The van der Waals surface area contributed by atoms with Gasteiger partial charge in [-0.25, -0.2) is 0 Å². The Labute approximate surface area is 112 Å². The highest BCUT2D eigenvalue weighted by Gasteiger charge is 2.45. The minimum atomic E-state index is -1.31. The molecule has 3 heteroatoms. The summed E-state index contributed by atoms with van der Waals surface area (Å²) in [6, 6.07) is 0. The average molecular weight is 268 g/mol. The van der Waals surface area contributed by atoms with Gasteiger partial charge in [0.15, 0.2) is 0 Å². The van der Waals surface area contributed by atoms with Gasteiger partial charge in [0.25, 0.3) is 0 Å². The molecule has 0 aromatic rings. The van der Waals surface area contributed by atoms with Crippen molar-refractivity contribution in [2.45, 2.75) is 76.2 Å². The molecule has 0 bridgehead atoms. The van der Waals surface area contributed by atoms with Crippen molar-refractivity contribution < 1.29 is 9.90 Å². The van der Waals surface area contributed by atoms with Crippen LogP contribution in [0, 0.1) is 11.8 Å². The first kappa shape index (κ1) is 14.3. The Balaban J connectivity index is 2.21. The van der Waals surface area contributed by atoms with Crippen LogP contribution < -0.4 is 0 Å². The zero-order valence-electron chi connectivity index (χ0n) is 12.1. The molecule has 4 atom stereocenters. The van der Waals surface area contributed by atoms with Crippen molar-refractivity contribution >= 4 is 13.9 Å². The fourth-order valence-electron chi connectivity index (χ4n) is 4.13. The van der Waals surface area contributed by atoms with Crippen LogP contribution in [-0.4, -0.2) is 25.1 Å². The fraction of sp³-hybridized carbons (Fsp3) is 0.933. The first-order chi connectivity index (χ1) is 8.41. The summed E-state index contributed by atoms with van der Waals surface area (Å²) in [6.45, 7) is 7.16. The molecule has 0 aliphatic heterocycles. The molecule has 1 N–H and O–H groups in total. The second kappa shape index (κ2) is 5.46. The summed E-state index contributed by atoms with van der Waals surface area (Å²) in [7, 11) is -1.31. The van der Waals surface area contributed by atoms with Crippen LogP contribution >= 0.6 is 0 Å². The van der Waals surface area contributed by atoms with E-state index in [1.807, 2.05) is 0 Å². The standard InChI is InChI=1S/C15H28O2Si/c1-18(2,3)14-10-6-9-13(17)15(14)11-7-4-5-8-12(11)16/h11-12,14-16H,4-10H2,1-3H3/t11?,12?,14-,15-/m0/s1. The Hall–Kier alpha value is -0.153. The van der Waals surface area contributed by atoms with Gasteiger partial charge in [-0.05, 0) is 30.7 Å². The van der Waals surface area contributed by atoms with E-state index in [0.717, 1.165) is 32.1 Å². The van der Waals surface area contributed by atoms with Crippen molar-refractivity contribution in [2.75, 3.05) is 0 Å². The Kier molecular flexibility index (Phi) is 4.32. The van der Waals surface area contributed by atoms with Crippen LogP contribution in [0.5, 0.6) is 0 Å². The van der Waals surface area contributed by atoms with Crippen molar-refractivity contribution in [1.29, 1.82) is 0 Å². The van der Waals surface area contributed by atoms with E-state index < -0.39 is 8.07 Å². The smallest absolute Gasteiger partial charge is 0.136 e. The van der Waals surface area contributed by atoms with E-state index >= 15 is 0 Å².